The van der Waals surface area contributed by atoms with Crippen LogP contribution >= 0.6 is 0 Å². The number of rotatable bonds is 2. The van der Waals surface area contributed by atoms with E-state index in [4.69, 9.17) is 4.98 Å². The van der Waals surface area contributed by atoms with Crippen molar-refractivity contribution in [3.63, 3.8) is 0 Å². The van der Waals surface area contributed by atoms with E-state index in [1.54, 1.807) is 4.57 Å². The molecule has 2 fully saturated rings. The molecule has 2 aliphatic rings. The van der Waals surface area contributed by atoms with Crippen LogP contribution in [0.1, 0.15) is 56.8 Å². The fraction of sp³-hybridized carbons (Fsp3) is 0.579. The first-order chi connectivity index (χ1) is 11.3. The molecule has 0 N–H and O–H groups in total. The molecule has 0 radical (unpaired) electrons. The highest BCUT2D eigenvalue weighted by Gasteiger charge is 2.34. The third-order valence-electron chi connectivity index (χ3n) is 5.65. The van der Waals surface area contributed by atoms with E-state index in [1.165, 1.54) is 38.5 Å². The molecule has 4 heteroatoms. The molecule has 1 unspecified atom stereocenters. The van der Waals surface area contributed by atoms with Gasteiger partial charge in [-0.05, 0) is 44.4 Å². The summed E-state index contributed by atoms with van der Waals surface area (Å²) in [7, 11) is 1.88. The van der Waals surface area contributed by atoms with Crippen molar-refractivity contribution >= 4 is 10.9 Å². The Kier molecular flexibility index (Phi) is 3.93. The molecule has 4 rings (SSSR count). The molecule has 2 heterocycles. The second kappa shape index (κ2) is 6.08. The molecular formula is C19H25N3O. The molecule has 1 aliphatic carbocycles. The Morgan fingerprint density at radius 3 is 2.65 bits per heavy atom. The summed E-state index contributed by atoms with van der Waals surface area (Å²) >= 11 is 0. The van der Waals surface area contributed by atoms with Crippen LogP contribution in [0, 0.1) is 0 Å². The smallest absolute Gasteiger partial charge is 0.261 e. The summed E-state index contributed by atoms with van der Waals surface area (Å²) in [6.45, 7) is 1.15. The second-order valence-electron chi connectivity index (χ2n) is 7.04. The summed E-state index contributed by atoms with van der Waals surface area (Å²) in [6, 6.07) is 8.70. The van der Waals surface area contributed by atoms with Crippen molar-refractivity contribution in [2.45, 2.75) is 57.0 Å². The third-order valence-corrected chi connectivity index (χ3v) is 5.65. The molecule has 4 nitrogen and oxygen atoms in total. The summed E-state index contributed by atoms with van der Waals surface area (Å²) in [5.41, 5.74) is 0.919. The topological polar surface area (TPSA) is 38.1 Å². The highest BCUT2D eigenvalue weighted by Crippen LogP contribution is 2.36. The third kappa shape index (κ3) is 2.59. The normalized spacial score (nSPS) is 23.6. The van der Waals surface area contributed by atoms with Crippen molar-refractivity contribution < 1.29 is 0 Å². The van der Waals surface area contributed by atoms with Crippen LogP contribution in [0.3, 0.4) is 0 Å². The van der Waals surface area contributed by atoms with E-state index in [1.807, 2.05) is 31.3 Å². The molecule has 1 saturated carbocycles. The zero-order valence-corrected chi connectivity index (χ0v) is 13.9. The maximum Gasteiger partial charge on any atom is 0.261 e. The van der Waals surface area contributed by atoms with Crippen LogP contribution in [0.5, 0.6) is 0 Å². The molecule has 0 amide bonds. The number of likely N-dealkylation sites (tertiary alicyclic amines) is 1. The Morgan fingerprint density at radius 1 is 1.04 bits per heavy atom. The van der Waals surface area contributed by atoms with Crippen LogP contribution < -0.4 is 5.56 Å². The van der Waals surface area contributed by atoms with E-state index in [0.717, 1.165) is 29.7 Å². The Morgan fingerprint density at radius 2 is 1.83 bits per heavy atom. The monoisotopic (exact) mass is 311 g/mol. The van der Waals surface area contributed by atoms with Crippen LogP contribution in [0.4, 0.5) is 0 Å². The minimum absolute atomic E-state index is 0.0843. The average Bonchev–Trinajstić information content (AvgIpc) is 3.08. The molecule has 1 atom stereocenters. The summed E-state index contributed by atoms with van der Waals surface area (Å²) in [5, 5.41) is 0.723. The zero-order valence-electron chi connectivity index (χ0n) is 13.9. The number of hydrogen-bond donors (Lipinski definition) is 0. The van der Waals surface area contributed by atoms with Crippen LogP contribution in [-0.2, 0) is 7.05 Å². The lowest BCUT2D eigenvalue weighted by molar-refractivity contribution is 0.135. The molecule has 122 valence electrons. The zero-order chi connectivity index (χ0) is 15.8. The van der Waals surface area contributed by atoms with Gasteiger partial charge in [-0.2, -0.15) is 0 Å². The SMILES string of the molecule is Cn1c(C2CCCN2C2CCCCC2)nc2ccccc2c1=O. The molecular weight excluding hydrogens is 286 g/mol. The van der Waals surface area contributed by atoms with Gasteiger partial charge in [-0.15, -0.1) is 0 Å². The second-order valence-corrected chi connectivity index (χ2v) is 7.04. The summed E-state index contributed by atoms with van der Waals surface area (Å²) in [4.78, 5) is 20.2. The predicted octanol–water partition coefficient (Wildman–Crippen LogP) is 3.40. The van der Waals surface area contributed by atoms with Gasteiger partial charge >= 0.3 is 0 Å². The van der Waals surface area contributed by atoms with Gasteiger partial charge in [-0.25, -0.2) is 4.98 Å². The van der Waals surface area contributed by atoms with Crippen LogP contribution in [0.2, 0.25) is 0 Å². The van der Waals surface area contributed by atoms with Crippen LogP contribution in [-0.4, -0.2) is 27.0 Å². The Balaban J connectivity index is 1.75. The summed E-state index contributed by atoms with van der Waals surface area (Å²) < 4.78 is 1.79. The summed E-state index contributed by atoms with van der Waals surface area (Å²) in [5.74, 6) is 0.955. The number of nitrogens with zero attached hydrogens (tertiary/aromatic N) is 3. The predicted molar refractivity (Wildman–Crippen MR) is 92.5 cm³/mol. The molecule has 0 bridgehead atoms. The Hall–Kier alpha value is -1.68. The van der Waals surface area contributed by atoms with E-state index < -0.39 is 0 Å². The van der Waals surface area contributed by atoms with E-state index in [-0.39, 0.29) is 5.56 Å². The Bertz CT molecular complexity index is 761. The van der Waals surface area contributed by atoms with Gasteiger partial charge in [0, 0.05) is 13.1 Å². The highest BCUT2D eigenvalue weighted by atomic mass is 16.1. The van der Waals surface area contributed by atoms with E-state index in [9.17, 15) is 4.79 Å². The van der Waals surface area contributed by atoms with Crippen molar-refractivity contribution in [1.82, 2.24) is 14.5 Å². The maximum absolute atomic E-state index is 12.7. The minimum Gasteiger partial charge on any atom is -0.298 e. The van der Waals surface area contributed by atoms with Crippen LogP contribution in [0.15, 0.2) is 29.1 Å². The maximum atomic E-state index is 12.7. The van der Waals surface area contributed by atoms with E-state index in [0.29, 0.717) is 12.1 Å². The van der Waals surface area contributed by atoms with Gasteiger partial charge < -0.3 is 0 Å². The molecule has 1 aromatic carbocycles. The van der Waals surface area contributed by atoms with Crippen LogP contribution in [0.25, 0.3) is 10.9 Å². The first-order valence-electron chi connectivity index (χ1n) is 8.97. The molecule has 1 aliphatic heterocycles. The first kappa shape index (κ1) is 14.9. The van der Waals surface area contributed by atoms with Gasteiger partial charge in [-0.3, -0.25) is 14.3 Å². The number of para-hydroxylation sites is 1. The number of aromatic nitrogens is 2. The fourth-order valence-electron chi connectivity index (χ4n) is 4.45. The van der Waals surface area contributed by atoms with Crippen molar-refractivity contribution in [2.75, 3.05) is 6.54 Å². The van der Waals surface area contributed by atoms with Crippen molar-refractivity contribution in [3.05, 3.63) is 40.4 Å². The Labute approximate surface area is 137 Å². The first-order valence-corrected chi connectivity index (χ1v) is 8.97. The van der Waals surface area contributed by atoms with Crippen molar-refractivity contribution in [3.8, 4) is 0 Å². The number of hydrogen-bond acceptors (Lipinski definition) is 3. The fourth-order valence-corrected chi connectivity index (χ4v) is 4.45. The van der Waals surface area contributed by atoms with Gasteiger partial charge in [0.05, 0.1) is 16.9 Å². The highest BCUT2D eigenvalue weighted by molar-refractivity contribution is 5.77. The standard InChI is InChI=1S/C19H25N3O/c1-21-18(20-16-11-6-5-10-15(16)19(21)23)17-12-7-13-22(17)14-8-3-2-4-9-14/h5-6,10-11,14,17H,2-4,7-9,12-13H2,1H3. The van der Waals surface area contributed by atoms with E-state index in [2.05, 4.69) is 4.90 Å². The lowest BCUT2D eigenvalue weighted by atomic mass is 9.93. The molecule has 1 aromatic heterocycles. The largest absolute Gasteiger partial charge is 0.298 e. The van der Waals surface area contributed by atoms with Crippen molar-refractivity contribution in [2.24, 2.45) is 7.05 Å². The van der Waals surface area contributed by atoms with Gasteiger partial charge in [0.2, 0.25) is 0 Å². The lowest BCUT2D eigenvalue weighted by Crippen LogP contribution is -2.38. The quantitative estimate of drug-likeness (QED) is 0.853. The van der Waals surface area contributed by atoms with Crippen molar-refractivity contribution in [1.29, 1.82) is 0 Å². The van der Waals surface area contributed by atoms with Gasteiger partial charge in [0.15, 0.2) is 0 Å². The minimum atomic E-state index is 0.0843. The molecule has 0 spiro atoms. The molecule has 23 heavy (non-hydrogen) atoms. The number of benzene rings is 1. The van der Waals surface area contributed by atoms with E-state index >= 15 is 0 Å². The number of fused-ring (bicyclic) bond motifs is 1. The summed E-state index contributed by atoms with van der Waals surface area (Å²) in [6.07, 6.45) is 9.01. The van der Waals surface area contributed by atoms with Gasteiger partial charge in [0.1, 0.15) is 5.82 Å². The molecule has 1 saturated heterocycles. The average molecular weight is 311 g/mol. The lowest BCUT2D eigenvalue weighted by Gasteiger charge is -2.35. The van der Waals surface area contributed by atoms with Gasteiger partial charge in [0.25, 0.3) is 5.56 Å². The van der Waals surface area contributed by atoms with Gasteiger partial charge in [-0.1, -0.05) is 31.4 Å². The molecule has 2 aromatic rings.